The zero-order valence-corrected chi connectivity index (χ0v) is 17.3. The molecular weight excluding hydrogens is 396 g/mol. The minimum Gasteiger partial charge on any atom is -0.332 e. The molecule has 1 aromatic carbocycles. The third-order valence-electron chi connectivity index (χ3n) is 5.32. The largest absolute Gasteiger partial charge is 0.332 e. The van der Waals surface area contributed by atoms with Gasteiger partial charge in [0.15, 0.2) is 0 Å². The van der Waals surface area contributed by atoms with Crippen molar-refractivity contribution < 1.29 is 4.79 Å². The Hall–Kier alpha value is -3.39. The molecule has 1 aliphatic heterocycles. The van der Waals surface area contributed by atoms with Crippen LogP contribution in [0.5, 0.6) is 0 Å². The first-order valence-electron chi connectivity index (χ1n) is 9.74. The van der Waals surface area contributed by atoms with Crippen molar-refractivity contribution in [3.05, 3.63) is 94.0 Å². The average Bonchev–Trinajstić information content (AvgIpc) is 3.42. The molecule has 30 heavy (non-hydrogen) atoms. The van der Waals surface area contributed by atoms with Gasteiger partial charge in [0.25, 0.3) is 5.91 Å². The summed E-state index contributed by atoms with van der Waals surface area (Å²) in [5.41, 5.74) is 3.72. The Kier molecular flexibility index (Phi) is 4.84. The number of aryl methyl sites for hydroxylation is 1. The van der Waals surface area contributed by atoms with Gasteiger partial charge in [-0.1, -0.05) is 24.3 Å². The van der Waals surface area contributed by atoms with Crippen LogP contribution in [0.1, 0.15) is 44.1 Å². The van der Waals surface area contributed by atoms with E-state index in [0.29, 0.717) is 25.3 Å². The molecule has 4 aromatic rings. The summed E-state index contributed by atoms with van der Waals surface area (Å²) in [6.07, 6.45) is 8.44. The number of carbonyl (C=O) groups is 1. The minimum absolute atomic E-state index is 0.0229. The number of hydrogen-bond acceptors (Lipinski definition) is 6. The fourth-order valence-corrected chi connectivity index (χ4v) is 4.58. The molecule has 8 heteroatoms. The van der Waals surface area contributed by atoms with Crippen molar-refractivity contribution in [2.45, 2.75) is 25.9 Å². The van der Waals surface area contributed by atoms with E-state index in [0.717, 1.165) is 22.1 Å². The highest BCUT2D eigenvalue weighted by molar-refractivity contribution is 7.09. The molecule has 0 spiro atoms. The number of imidazole rings is 1. The summed E-state index contributed by atoms with van der Waals surface area (Å²) >= 11 is 1.65. The van der Waals surface area contributed by atoms with Gasteiger partial charge in [-0.3, -0.25) is 9.78 Å². The van der Waals surface area contributed by atoms with Crippen LogP contribution in [-0.4, -0.2) is 41.9 Å². The number of carbonyl (C=O) groups excluding carboxylic acids is 1. The van der Waals surface area contributed by atoms with E-state index in [2.05, 4.69) is 42.0 Å². The van der Waals surface area contributed by atoms with Crippen molar-refractivity contribution in [3.8, 4) is 0 Å². The monoisotopic (exact) mass is 416 g/mol. The standard InChI is InChI=1S/C22H20N6OS/c1-15-26-17(14-30-15)12-27-9-8-25-21(27)19-13-28(11-16-4-2-3-5-18(16)19)22(29)20-10-23-6-7-24-20/h2-10,14,19H,11-13H2,1H3. The summed E-state index contributed by atoms with van der Waals surface area (Å²) in [7, 11) is 0. The van der Waals surface area contributed by atoms with Crippen LogP contribution in [0.15, 0.2) is 60.6 Å². The van der Waals surface area contributed by atoms with Crippen LogP contribution >= 0.6 is 11.3 Å². The van der Waals surface area contributed by atoms with Crippen LogP contribution in [0.2, 0.25) is 0 Å². The second-order valence-corrected chi connectivity index (χ2v) is 8.36. The first-order chi connectivity index (χ1) is 14.7. The van der Waals surface area contributed by atoms with Gasteiger partial charge < -0.3 is 9.47 Å². The Labute approximate surface area is 178 Å². The molecule has 0 saturated heterocycles. The molecule has 1 atom stereocenters. The molecule has 0 N–H and O–H groups in total. The minimum atomic E-state index is -0.115. The van der Waals surface area contributed by atoms with Crippen LogP contribution < -0.4 is 0 Å². The van der Waals surface area contributed by atoms with E-state index in [4.69, 9.17) is 0 Å². The molecule has 4 heterocycles. The first kappa shape index (κ1) is 18.6. The van der Waals surface area contributed by atoms with Gasteiger partial charge in [-0.25, -0.2) is 15.0 Å². The second-order valence-electron chi connectivity index (χ2n) is 7.30. The van der Waals surface area contributed by atoms with Gasteiger partial charge in [-0.05, 0) is 18.1 Å². The van der Waals surface area contributed by atoms with E-state index < -0.39 is 0 Å². The van der Waals surface area contributed by atoms with Gasteiger partial charge in [-0.15, -0.1) is 11.3 Å². The summed E-state index contributed by atoms with van der Waals surface area (Å²) < 4.78 is 2.13. The number of hydrogen-bond donors (Lipinski definition) is 0. The van der Waals surface area contributed by atoms with Crippen molar-refractivity contribution in [1.29, 1.82) is 0 Å². The first-order valence-corrected chi connectivity index (χ1v) is 10.6. The highest BCUT2D eigenvalue weighted by Gasteiger charge is 2.32. The lowest BCUT2D eigenvalue weighted by Crippen LogP contribution is -2.39. The SMILES string of the molecule is Cc1nc(Cn2ccnc2C2CN(C(=O)c3cnccn3)Cc3ccccc32)cs1. The van der Waals surface area contributed by atoms with Gasteiger partial charge in [0.2, 0.25) is 0 Å². The molecule has 150 valence electrons. The van der Waals surface area contributed by atoms with Gasteiger partial charge in [0.05, 0.1) is 29.4 Å². The van der Waals surface area contributed by atoms with E-state index in [1.165, 1.54) is 11.8 Å². The number of nitrogens with zero attached hydrogens (tertiary/aromatic N) is 6. The molecule has 1 unspecified atom stereocenters. The summed E-state index contributed by atoms with van der Waals surface area (Å²) in [5, 5.41) is 3.13. The summed E-state index contributed by atoms with van der Waals surface area (Å²) in [4.78, 5) is 32.4. The normalized spacial score (nSPS) is 15.8. The molecule has 1 amide bonds. The van der Waals surface area contributed by atoms with Crippen LogP contribution in [0.4, 0.5) is 0 Å². The Morgan fingerprint density at radius 3 is 2.90 bits per heavy atom. The van der Waals surface area contributed by atoms with E-state index in [1.54, 1.807) is 23.7 Å². The molecule has 5 rings (SSSR count). The smallest absolute Gasteiger partial charge is 0.274 e. The summed E-state index contributed by atoms with van der Waals surface area (Å²) in [6.45, 7) is 3.76. The zero-order chi connectivity index (χ0) is 20.5. The van der Waals surface area contributed by atoms with Gasteiger partial charge in [-0.2, -0.15) is 0 Å². The number of aromatic nitrogens is 5. The summed E-state index contributed by atoms with van der Waals surface area (Å²) in [5.74, 6) is 0.797. The molecular formula is C22H20N6OS. The third kappa shape index (κ3) is 3.50. The number of thiazole rings is 1. The second kappa shape index (κ2) is 7.79. The fourth-order valence-electron chi connectivity index (χ4n) is 3.97. The van der Waals surface area contributed by atoms with Crippen LogP contribution in [0, 0.1) is 6.92 Å². The van der Waals surface area contributed by atoms with Gasteiger partial charge >= 0.3 is 0 Å². The molecule has 1 aliphatic rings. The van der Waals surface area contributed by atoms with E-state index in [9.17, 15) is 4.79 Å². The fraction of sp³-hybridized carbons (Fsp3) is 0.227. The maximum absolute atomic E-state index is 13.1. The van der Waals surface area contributed by atoms with Crippen molar-refractivity contribution in [2.75, 3.05) is 6.54 Å². The number of fused-ring (bicyclic) bond motifs is 1. The van der Waals surface area contributed by atoms with Crippen molar-refractivity contribution in [1.82, 2.24) is 29.4 Å². The van der Waals surface area contributed by atoms with Crippen LogP contribution in [0.3, 0.4) is 0 Å². The number of benzene rings is 1. The molecule has 0 fully saturated rings. The highest BCUT2D eigenvalue weighted by Crippen LogP contribution is 2.33. The van der Waals surface area contributed by atoms with Crippen LogP contribution in [0.25, 0.3) is 0 Å². The lowest BCUT2D eigenvalue weighted by Gasteiger charge is -2.34. The quantitative estimate of drug-likeness (QED) is 0.510. The Balaban J connectivity index is 1.50. The van der Waals surface area contributed by atoms with Gasteiger partial charge in [0.1, 0.15) is 11.5 Å². The van der Waals surface area contributed by atoms with E-state index in [-0.39, 0.29) is 11.8 Å². The van der Waals surface area contributed by atoms with Crippen molar-refractivity contribution >= 4 is 17.2 Å². The maximum Gasteiger partial charge on any atom is 0.274 e. The summed E-state index contributed by atoms with van der Waals surface area (Å²) in [6, 6.07) is 8.27. The molecule has 0 saturated carbocycles. The van der Waals surface area contributed by atoms with Crippen molar-refractivity contribution in [3.63, 3.8) is 0 Å². The Bertz CT molecular complexity index is 1190. The Morgan fingerprint density at radius 2 is 2.10 bits per heavy atom. The average molecular weight is 417 g/mol. The van der Waals surface area contributed by atoms with E-state index >= 15 is 0 Å². The Morgan fingerprint density at radius 1 is 1.20 bits per heavy atom. The highest BCUT2D eigenvalue weighted by atomic mass is 32.1. The third-order valence-corrected chi connectivity index (χ3v) is 6.14. The van der Waals surface area contributed by atoms with Crippen molar-refractivity contribution in [2.24, 2.45) is 0 Å². The number of rotatable bonds is 4. The van der Waals surface area contributed by atoms with Gasteiger partial charge in [0, 0.05) is 43.3 Å². The molecule has 0 radical (unpaired) electrons. The predicted molar refractivity (Wildman–Crippen MR) is 113 cm³/mol. The van der Waals surface area contributed by atoms with E-state index in [1.807, 2.05) is 36.4 Å². The maximum atomic E-state index is 13.1. The lowest BCUT2D eigenvalue weighted by atomic mass is 9.88. The molecule has 7 nitrogen and oxygen atoms in total. The molecule has 3 aromatic heterocycles. The topological polar surface area (TPSA) is 76.8 Å². The zero-order valence-electron chi connectivity index (χ0n) is 16.5. The molecule has 0 bridgehead atoms. The molecule has 0 aliphatic carbocycles. The number of amides is 1. The predicted octanol–water partition coefficient (Wildman–Crippen LogP) is 3.27. The lowest BCUT2D eigenvalue weighted by molar-refractivity contribution is 0.0716. The van der Waals surface area contributed by atoms with Crippen LogP contribution in [-0.2, 0) is 13.1 Å².